The first kappa shape index (κ1) is 16.8. The van der Waals surface area contributed by atoms with Gasteiger partial charge in [-0.2, -0.15) is 0 Å². The standard InChI is InChI=1S/C20H33N3/c1-17(15-18-7-3-2-4-8-18)22-16-19-9-5-6-10-20(19)23-13-11-21-12-14-23/h5-6,9-10,17-18,21-22H,2-4,7-8,11-16H2,1H3. The second-order valence-corrected chi connectivity index (χ2v) is 7.39. The number of hydrogen-bond acceptors (Lipinski definition) is 3. The average molecular weight is 316 g/mol. The molecule has 0 bridgehead atoms. The van der Waals surface area contributed by atoms with Crippen LogP contribution in [0.25, 0.3) is 0 Å². The summed E-state index contributed by atoms with van der Waals surface area (Å²) in [7, 11) is 0. The molecule has 1 aromatic carbocycles. The number of piperazine rings is 1. The van der Waals surface area contributed by atoms with E-state index < -0.39 is 0 Å². The molecule has 23 heavy (non-hydrogen) atoms. The van der Waals surface area contributed by atoms with Gasteiger partial charge in [-0.3, -0.25) is 0 Å². The Kier molecular flexibility index (Phi) is 6.35. The second kappa shape index (κ2) is 8.70. The molecule has 0 spiro atoms. The molecule has 0 radical (unpaired) electrons. The molecule has 1 heterocycles. The van der Waals surface area contributed by atoms with Crippen molar-refractivity contribution in [3.63, 3.8) is 0 Å². The first-order chi connectivity index (χ1) is 11.3. The Balaban J connectivity index is 1.52. The van der Waals surface area contributed by atoms with Gasteiger partial charge in [0.15, 0.2) is 0 Å². The predicted molar refractivity (Wildman–Crippen MR) is 99.0 cm³/mol. The molecule has 1 aliphatic heterocycles. The van der Waals surface area contributed by atoms with Gasteiger partial charge in [-0.25, -0.2) is 0 Å². The first-order valence-electron chi connectivity index (χ1n) is 9.60. The van der Waals surface area contributed by atoms with E-state index in [0.717, 1.165) is 38.6 Å². The van der Waals surface area contributed by atoms with E-state index in [1.807, 2.05) is 0 Å². The highest BCUT2D eigenvalue weighted by Gasteiger charge is 2.17. The van der Waals surface area contributed by atoms with Gasteiger partial charge >= 0.3 is 0 Å². The van der Waals surface area contributed by atoms with Gasteiger partial charge in [0, 0.05) is 44.5 Å². The van der Waals surface area contributed by atoms with E-state index in [-0.39, 0.29) is 0 Å². The monoisotopic (exact) mass is 315 g/mol. The summed E-state index contributed by atoms with van der Waals surface area (Å²) < 4.78 is 0. The van der Waals surface area contributed by atoms with Gasteiger partial charge in [0.25, 0.3) is 0 Å². The van der Waals surface area contributed by atoms with Gasteiger partial charge in [-0.05, 0) is 30.9 Å². The van der Waals surface area contributed by atoms with Crippen molar-refractivity contribution in [2.45, 2.75) is 58.0 Å². The number of rotatable bonds is 6. The third-order valence-corrected chi connectivity index (χ3v) is 5.50. The number of nitrogens with zero attached hydrogens (tertiary/aromatic N) is 1. The van der Waals surface area contributed by atoms with Crippen molar-refractivity contribution in [2.75, 3.05) is 31.1 Å². The van der Waals surface area contributed by atoms with E-state index >= 15 is 0 Å². The average Bonchev–Trinajstić information content (AvgIpc) is 2.62. The molecule has 2 aliphatic rings. The molecule has 3 rings (SSSR count). The lowest BCUT2D eigenvalue weighted by atomic mass is 9.85. The van der Waals surface area contributed by atoms with Crippen molar-refractivity contribution >= 4 is 5.69 Å². The minimum Gasteiger partial charge on any atom is -0.369 e. The summed E-state index contributed by atoms with van der Waals surface area (Å²) in [6.07, 6.45) is 8.59. The zero-order valence-corrected chi connectivity index (χ0v) is 14.7. The van der Waals surface area contributed by atoms with Gasteiger partial charge in [-0.1, -0.05) is 50.3 Å². The van der Waals surface area contributed by atoms with Crippen LogP contribution < -0.4 is 15.5 Å². The van der Waals surface area contributed by atoms with E-state index in [1.54, 1.807) is 0 Å². The molecule has 1 saturated heterocycles. The summed E-state index contributed by atoms with van der Waals surface area (Å²) in [6.45, 7) is 7.79. The number of benzene rings is 1. The quantitative estimate of drug-likeness (QED) is 0.841. The van der Waals surface area contributed by atoms with Crippen molar-refractivity contribution in [3.05, 3.63) is 29.8 Å². The van der Waals surface area contributed by atoms with E-state index in [4.69, 9.17) is 0 Å². The van der Waals surface area contributed by atoms with Crippen LogP contribution in [-0.2, 0) is 6.54 Å². The molecule has 2 N–H and O–H groups in total. The Hall–Kier alpha value is -1.06. The largest absolute Gasteiger partial charge is 0.369 e. The van der Waals surface area contributed by atoms with Crippen LogP contribution in [0.5, 0.6) is 0 Å². The first-order valence-corrected chi connectivity index (χ1v) is 9.60. The minimum atomic E-state index is 0.620. The number of nitrogens with one attached hydrogen (secondary N) is 2. The molecule has 2 fully saturated rings. The van der Waals surface area contributed by atoms with Gasteiger partial charge in [-0.15, -0.1) is 0 Å². The van der Waals surface area contributed by atoms with Gasteiger partial charge in [0.05, 0.1) is 0 Å². The van der Waals surface area contributed by atoms with Crippen LogP contribution in [-0.4, -0.2) is 32.2 Å². The predicted octanol–water partition coefficient (Wildman–Crippen LogP) is 3.54. The van der Waals surface area contributed by atoms with Crippen LogP contribution in [0.15, 0.2) is 24.3 Å². The Labute approximate surface area is 141 Å². The highest BCUT2D eigenvalue weighted by Crippen LogP contribution is 2.27. The molecule has 1 unspecified atom stereocenters. The van der Waals surface area contributed by atoms with Crippen LogP contribution in [0.3, 0.4) is 0 Å². The molecule has 1 saturated carbocycles. The van der Waals surface area contributed by atoms with Crippen molar-refractivity contribution in [1.29, 1.82) is 0 Å². The third-order valence-electron chi connectivity index (χ3n) is 5.50. The van der Waals surface area contributed by atoms with Crippen molar-refractivity contribution in [1.82, 2.24) is 10.6 Å². The van der Waals surface area contributed by atoms with Crippen LogP contribution in [0.4, 0.5) is 5.69 Å². The molecule has 1 atom stereocenters. The summed E-state index contributed by atoms with van der Waals surface area (Å²) in [5.74, 6) is 0.953. The molecule has 128 valence electrons. The van der Waals surface area contributed by atoms with Crippen molar-refractivity contribution in [3.8, 4) is 0 Å². The normalized spacial score (nSPS) is 21.3. The maximum atomic E-state index is 3.78. The Morgan fingerprint density at radius 1 is 1.13 bits per heavy atom. The molecule has 1 aliphatic carbocycles. The van der Waals surface area contributed by atoms with E-state index in [0.29, 0.717) is 6.04 Å². The number of hydrogen-bond donors (Lipinski definition) is 2. The fraction of sp³-hybridized carbons (Fsp3) is 0.700. The third kappa shape index (κ3) is 4.95. The number of anilines is 1. The summed E-state index contributed by atoms with van der Waals surface area (Å²) in [5.41, 5.74) is 2.87. The maximum Gasteiger partial charge on any atom is 0.0412 e. The molecule has 0 amide bonds. The zero-order valence-electron chi connectivity index (χ0n) is 14.7. The summed E-state index contributed by atoms with van der Waals surface area (Å²) in [5, 5.41) is 7.23. The molecular weight excluding hydrogens is 282 g/mol. The molecule has 3 nitrogen and oxygen atoms in total. The van der Waals surface area contributed by atoms with Crippen LogP contribution in [0, 0.1) is 5.92 Å². The summed E-state index contributed by atoms with van der Waals surface area (Å²) in [6, 6.07) is 9.54. The lowest BCUT2D eigenvalue weighted by Crippen LogP contribution is -2.44. The fourth-order valence-corrected chi connectivity index (χ4v) is 4.16. The minimum absolute atomic E-state index is 0.620. The van der Waals surface area contributed by atoms with Crippen molar-refractivity contribution < 1.29 is 0 Å². The topological polar surface area (TPSA) is 27.3 Å². The SMILES string of the molecule is CC(CC1CCCCC1)NCc1ccccc1N1CCNCC1. The molecular formula is C20H33N3. The lowest BCUT2D eigenvalue weighted by Gasteiger charge is -2.31. The van der Waals surface area contributed by atoms with E-state index in [2.05, 4.69) is 46.7 Å². The number of para-hydroxylation sites is 1. The van der Waals surface area contributed by atoms with Gasteiger partial charge in [0.2, 0.25) is 0 Å². The Bertz CT molecular complexity index is 462. The molecule has 1 aromatic rings. The van der Waals surface area contributed by atoms with Crippen LogP contribution >= 0.6 is 0 Å². The van der Waals surface area contributed by atoms with Crippen LogP contribution in [0.1, 0.15) is 51.0 Å². The second-order valence-electron chi connectivity index (χ2n) is 7.39. The van der Waals surface area contributed by atoms with Crippen molar-refractivity contribution in [2.24, 2.45) is 5.92 Å². The Morgan fingerprint density at radius 3 is 2.65 bits per heavy atom. The van der Waals surface area contributed by atoms with Gasteiger partial charge in [0.1, 0.15) is 0 Å². The lowest BCUT2D eigenvalue weighted by molar-refractivity contribution is 0.304. The fourth-order valence-electron chi connectivity index (χ4n) is 4.16. The molecule has 0 aromatic heterocycles. The maximum absolute atomic E-state index is 3.78. The summed E-state index contributed by atoms with van der Waals surface area (Å²) in [4.78, 5) is 2.53. The van der Waals surface area contributed by atoms with Crippen LogP contribution in [0.2, 0.25) is 0 Å². The summed E-state index contributed by atoms with van der Waals surface area (Å²) >= 11 is 0. The smallest absolute Gasteiger partial charge is 0.0412 e. The van der Waals surface area contributed by atoms with E-state index in [9.17, 15) is 0 Å². The highest BCUT2D eigenvalue weighted by molar-refractivity contribution is 5.54. The zero-order chi connectivity index (χ0) is 15.9. The van der Waals surface area contributed by atoms with Gasteiger partial charge < -0.3 is 15.5 Å². The Morgan fingerprint density at radius 2 is 1.87 bits per heavy atom. The van der Waals surface area contributed by atoms with E-state index in [1.165, 1.54) is 49.8 Å². The highest BCUT2D eigenvalue weighted by atomic mass is 15.2. The molecule has 3 heteroatoms.